The van der Waals surface area contributed by atoms with Crippen LogP contribution in [0.2, 0.25) is 0 Å². The average Bonchev–Trinajstić information content (AvgIpc) is 3.77. The molecule has 0 aliphatic rings. The molecule has 7 aromatic carbocycles. The van der Waals surface area contributed by atoms with Crippen LogP contribution in [-0.4, -0.2) is 15.0 Å². The molecule has 3 heterocycles. The lowest BCUT2D eigenvalue weighted by Gasteiger charge is -2.10. The van der Waals surface area contributed by atoms with Gasteiger partial charge in [0.2, 0.25) is 0 Å². The van der Waals surface area contributed by atoms with Gasteiger partial charge >= 0.3 is 0 Å². The van der Waals surface area contributed by atoms with Crippen LogP contribution >= 0.6 is 11.3 Å². The number of nitrogens with zero attached hydrogens (tertiary/aromatic N) is 3. The molecule has 0 spiro atoms. The fourth-order valence-corrected chi connectivity index (χ4v) is 8.09. The van der Waals surface area contributed by atoms with Gasteiger partial charge in [-0.3, -0.25) is 0 Å². The molecular weight excluding hydrogens is 631 g/mol. The van der Waals surface area contributed by atoms with Crippen LogP contribution < -0.4 is 0 Å². The van der Waals surface area contributed by atoms with Crippen molar-refractivity contribution in [3.63, 3.8) is 0 Å². The SMILES string of the molecule is c1ccc(-c2ccc(-c3ccc4sc5cccc(-c6nc(-c7ccccc7)nc(-c7cccc8oc9ccccc9c78)n6)c5c4c3)cc2)cc1. The summed E-state index contributed by atoms with van der Waals surface area (Å²) in [5, 5.41) is 4.38. The van der Waals surface area contributed by atoms with Crippen LogP contribution in [0.25, 0.3) is 98.5 Å². The van der Waals surface area contributed by atoms with E-state index in [-0.39, 0.29) is 0 Å². The summed E-state index contributed by atoms with van der Waals surface area (Å²) in [6.45, 7) is 0. The van der Waals surface area contributed by atoms with E-state index in [9.17, 15) is 0 Å². The number of benzene rings is 7. The lowest BCUT2D eigenvalue weighted by Crippen LogP contribution is -2.00. The molecule has 0 amide bonds. The Kier molecular flexibility index (Phi) is 6.64. The van der Waals surface area contributed by atoms with Crippen molar-refractivity contribution in [1.82, 2.24) is 15.0 Å². The molecule has 0 fully saturated rings. The molecule has 0 saturated carbocycles. The van der Waals surface area contributed by atoms with Gasteiger partial charge < -0.3 is 4.42 Å². The van der Waals surface area contributed by atoms with E-state index in [2.05, 4.69) is 103 Å². The molecule has 10 rings (SSSR count). The quantitative estimate of drug-likeness (QED) is 0.185. The molecule has 3 aromatic heterocycles. The Morgan fingerprint density at radius 2 is 0.920 bits per heavy atom. The van der Waals surface area contributed by atoms with E-state index < -0.39 is 0 Å². The number of aromatic nitrogens is 3. The molecule has 0 aliphatic carbocycles. The summed E-state index contributed by atoms with van der Waals surface area (Å²) in [4.78, 5) is 15.5. The Balaban J connectivity index is 1.17. The average molecular weight is 658 g/mol. The maximum atomic E-state index is 6.25. The van der Waals surface area contributed by atoms with Gasteiger partial charge in [-0.05, 0) is 52.6 Å². The Hall–Kier alpha value is -6.43. The first-order chi connectivity index (χ1) is 24.8. The highest BCUT2D eigenvalue weighted by molar-refractivity contribution is 7.26. The van der Waals surface area contributed by atoms with Crippen LogP contribution in [0.4, 0.5) is 0 Å². The van der Waals surface area contributed by atoms with Gasteiger partial charge in [0, 0.05) is 47.6 Å². The Morgan fingerprint density at radius 3 is 1.68 bits per heavy atom. The zero-order valence-corrected chi connectivity index (χ0v) is 27.6. The molecule has 0 N–H and O–H groups in total. The zero-order valence-electron chi connectivity index (χ0n) is 26.7. The maximum absolute atomic E-state index is 6.25. The predicted octanol–water partition coefficient (Wildman–Crippen LogP) is 12.5. The van der Waals surface area contributed by atoms with Crippen molar-refractivity contribution in [2.75, 3.05) is 0 Å². The molecular formula is C45H27N3OS. The van der Waals surface area contributed by atoms with Crippen molar-refractivity contribution >= 4 is 53.4 Å². The van der Waals surface area contributed by atoms with Crippen LogP contribution in [0.3, 0.4) is 0 Å². The van der Waals surface area contributed by atoms with Gasteiger partial charge in [0.15, 0.2) is 17.5 Å². The number of hydrogen-bond acceptors (Lipinski definition) is 5. The number of para-hydroxylation sites is 1. The van der Waals surface area contributed by atoms with E-state index in [0.29, 0.717) is 17.5 Å². The Morgan fingerprint density at radius 1 is 0.360 bits per heavy atom. The third kappa shape index (κ3) is 4.79. The largest absolute Gasteiger partial charge is 0.456 e. The van der Waals surface area contributed by atoms with Gasteiger partial charge in [-0.15, -0.1) is 11.3 Å². The lowest BCUT2D eigenvalue weighted by atomic mass is 9.98. The first kappa shape index (κ1) is 28.6. The maximum Gasteiger partial charge on any atom is 0.164 e. The van der Waals surface area contributed by atoms with Gasteiger partial charge in [-0.2, -0.15) is 0 Å². The molecule has 10 aromatic rings. The minimum Gasteiger partial charge on any atom is -0.456 e. The first-order valence-corrected chi connectivity index (χ1v) is 17.4. The second-order valence-electron chi connectivity index (χ2n) is 12.4. The van der Waals surface area contributed by atoms with E-state index >= 15 is 0 Å². The van der Waals surface area contributed by atoms with Gasteiger partial charge in [-0.25, -0.2) is 15.0 Å². The van der Waals surface area contributed by atoms with Crippen molar-refractivity contribution in [3.05, 3.63) is 164 Å². The third-order valence-corrected chi connectivity index (χ3v) is 10.5. The summed E-state index contributed by atoms with van der Waals surface area (Å²) in [5.41, 5.74) is 9.25. The summed E-state index contributed by atoms with van der Waals surface area (Å²) >= 11 is 1.80. The highest BCUT2D eigenvalue weighted by Gasteiger charge is 2.20. The van der Waals surface area contributed by atoms with Crippen molar-refractivity contribution in [1.29, 1.82) is 0 Å². The van der Waals surface area contributed by atoms with Gasteiger partial charge in [0.1, 0.15) is 11.2 Å². The third-order valence-electron chi connectivity index (χ3n) is 9.37. The second kappa shape index (κ2) is 11.6. The second-order valence-corrected chi connectivity index (χ2v) is 13.5. The molecule has 0 aliphatic heterocycles. The van der Waals surface area contributed by atoms with Crippen LogP contribution in [0.15, 0.2) is 168 Å². The highest BCUT2D eigenvalue weighted by Crippen LogP contribution is 2.42. The topological polar surface area (TPSA) is 51.8 Å². The number of rotatable bonds is 5. The normalized spacial score (nSPS) is 11.6. The van der Waals surface area contributed by atoms with E-state index in [1.807, 2.05) is 60.7 Å². The van der Waals surface area contributed by atoms with Crippen LogP contribution in [0.5, 0.6) is 0 Å². The summed E-state index contributed by atoms with van der Waals surface area (Å²) in [5.74, 6) is 1.88. The van der Waals surface area contributed by atoms with Gasteiger partial charge in [-0.1, -0.05) is 133 Å². The highest BCUT2D eigenvalue weighted by atomic mass is 32.1. The minimum atomic E-state index is 0.613. The Labute approximate surface area is 292 Å². The molecule has 5 heteroatoms. The molecule has 0 saturated heterocycles. The van der Waals surface area contributed by atoms with E-state index in [4.69, 9.17) is 19.4 Å². The van der Waals surface area contributed by atoms with Gasteiger partial charge in [0.25, 0.3) is 0 Å². The number of fused-ring (bicyclic) bond motifs is 6. The van der Waals surface area contributed by atoms with E-state index in [0.717, 1.165) is 44.0 Å². The van der Waals surface area contributed by atoms with E-state index in [1.165, 1.54) is 37.0 Å². The number of furan rings is 1. The molecule has 234 valence electrons. The summed E-state index contributed by atoms with van der Waals surface area (Å²) in [7, 11) is 0. The van der Waals surface area contributed by atoms with E-state index in [1.54, 1.807) is 11.3 Å². The Bertz CT molecular complexity index is 2860. The molecule has 0 bridgehead atoms. The number of thiophene rings is 1. The van der Waals surface area contributed by atoms with Crippen LogP contribution in [0, 0.1) is 0 Å². The van der Waals surface area contributed by atoms with Crippen molar-refractivity contribution in [2.45, 2.75) is 0 Å². The van der Waals surface area contributed by atoms with Crippen LogP contribution in [0.1, 0.15) is 0 Å². The lowest BCUT2D eigenvalue weighted by molar-refractivity contribution is 0.669. The van der Waals surface area contributed by atoms with Gasteiger partial charge in [0.05, 0.1) is 0 Å². The zero-order chi connectivity index (χ0) is 33.0. The summed E-state index contributed by atoms with van der Waals surface area (Å²) < 4.78 is 8.67. The minimum absolute atomic E-state index is 0.613. The monoisotopic (exact) mass is 657 g/mol. The number of hydrogen-bond donors (Lipinski definition) is 0. The van der Waals surface area contributed by atoms with Crippen molar-refractivity contribution in [2.24, 2.45) is 0 Å². The molecule has 4 nitrogen and oxygen atoms in total. The first-order valence-electron chi connectivity index (χ1n) is 16.6. The predicted molar refractivity (Wildman–Crippen MR) is 207 cm³/mol. The van der Waals surface area contributed by atoms with Crippen molar-refractivity contribution in [3.8, 4) is 56.4 Å². The molecule has 0 unspecified atom stereocenters. The molecule has 0 atom stereocenters. The molecule has 0 radical (unpaired) electrons. The summed E-state index contributed by atoms with van der Waals surface area (Å²) in [6.07, 6.45) is 0. The standard InChI is InChI=1S/C45H27N3OS/c1-3-11-28(12-4-1)29-21-23-30(24-22-29)32-25-26-39-36(27-32)42-35(17-10-20-40(42)50-39)45-47-43(31-13-5-2-6-14-31)46-44(48-45)34-16-9-19-38-41(34)33-15-7-8-18-37(33)49-38/h1-27H. The summed E-state index contributed by atoms with van der Waals surface area (Å²) in [6, 6.07) is 56.9. The smallest absolute Gasteiger partial charge is 0.164 e. The molecule has 50 heavy (non-hydrogen) atoms. The fourth-order valence-electron chi connectivity index (χ4n) is 6.97. The fraction of sp³-hybridized carbons (Fsp3) is 0. The van der Waals surface area contributed by atoms with Crippen molar-refractivity contribution < 1.29 is 4.42 Å². The van der Waals surface area contributed by atoms with Crippen LogP contribution in [-0.2, 0) is 0 Å².